The Balaban J connectivity index is 1.56. The van der Waals surface area contributed by atoms with E-state index in [0.29, 0.717) is 29.6 Å². The maximum absolute atomic E-state index is 13.1. The van der Waals surface area contributed by atoms with E-state index in [4.69, 9.17) is 14.5 Å². The maximum atomic E-state index is 13.1. The summed E-state index contributed by atoms with van der Waals surface area (Å²) in [6, 6.07) is 19.4. The van der Waals surface area contributed by atoms with Gasteiger partial charge in [-0.25, -0.2) is 0 Å². The Bertz CT molecular complexity index is 1350. The molecule has 3 N–H and O–H groups in total. The molecule has 0 spiro atoms. The average Bonchev–Trinajstić information content (AvgIpc) is 3.26. The van der Waals surface area contributed by atoms with E-state index in [1.165, 1.54) is 10.9 Å². The van der Waals surface area contributed by atoms with Crippen LogP contribution in [-0.4, -0.2) is 37.6 Å². The van der Waals surface area contributed by atoms with Gasteiger partial charge in [0.05, 0.1) is 14.2 Å². The number of carbonyl (C=O) groups excluding carboxylic acids is 1. The molecule has 0 atom stereocenters. The number of hydrogen-bond donors (Lipinski definition) is 3. The number of methoxy groups -OCH3 is 2. The number of hydrogen-bond acceptors (Lipinski definition) is 4. The number of aromatic amines is 1. The van der Waals surface area contributed by atoms with Gasteiger partial charge in [-0.3, -0.25) is 15.1 Å². The minimum atomic E-state index is -0.298. The second kappa shape index (κ2) is 10.8. The molecule has 0 bridgehead atoms. The van der Waals surface area contributed by atoms with E-state index in [0.717, 1.165) is 28.8 Å². The van der Waals surface area contributed by atoms with Gasteiger partial charge in [-0.05, 0) is 73.4 Å². The Hall–Kier alpha value is -4.26. The van der Waals surface area contributed by atoms with Crippen molar-refractivity contribution in [3.63, 3.8) is 0 Å². The summed E-state index contributed by atoms with van der Waals surface area (Å²) < 4.78 is 10.6. The third kappa shape index (κ3) is 5.81. The minimum absolute atomic E-state index is 0.298. The number of anilines is 1. The van der Waals surface area contributed by atoms with Crippen molar-refractivity contribution in [2.45, 2.75) is 20.3 Å². The second-order valence-corrected chi connectivity index (χ2v) is 8.37. The van der Waals surface area contributed by atoms with E-state index < -0.39 is 0 Å². The molecular weight excluding hydrogens is 440 g/mol. The lowest BCUT2D eigenvalue weighted by molar-refractivity contribution is 0.0976. The number of benzene rings is 3. The van der Waals surface area contributed by atoms with Gasteiger partial charge in [0.25, 0.3) is 5.91 Å². The number of nitrogens with one attached hydrogen (secondary N) is 3. The van der Waals surface area contributed by atoms with Gasteiger partial charge < -0.3 is 19.8 Å². The molecule has 1 amide bonds. The Morgan fingerprint density at radius 3 is 2.43 bits per heavy atom. The molecule has 0 aliphatic heterocycles. The van der Waals surface area contributed by atoms with Crippen LogP contribution in [-0.2, 0) is 6.42 Å². The smallest absolute Gasteiger partial charge is 0.258 e. The number of amides is 1. The molecule has 4 aromatic rings. The van der Waals surface area contributed by atoms with Crippen molar-refractivity contribution in [2.24, 2.45) is 4.99 Å². The van der Waals surface area contributed by atoms with Gasteiger partial charge in [0.2, 0.25) is 5.96 Å². The monoisotopic (exact) mass is 470 g/mol. The van der Waals surface area contributed by atoms with E-state index in [1.807, 2.05) is 44.3 Å². The van der Waals surface area contributed by atoms with Gasteiger partial charge in [-0.1, -0.05) is 24.3 Å². The molecule has 0 aliphatic carbocycles. The number of H-pyrrole nitrogens is 1. The van der Waals surface area contributed by atoms with E-state index >= 15 is 0 Å². The molecule has 35 heavy (non-hydrogen) atoms. The number of aromatic nitrogens is 1. The van der Waals surface area contributed by atoms with Crippen LogP contribution in [0.25, 0.3) is 10.9 Å². The molecule has 0 radical (unpaired) electrons. The topological polar surface area (TPSA) is 87.7 Å². The minimum Gasteiger partial charge on any atom is -0.493 e. The van der Waals surface area contributed by atoms with Crippen LogP contribution in [0.2, 0.25) is 0 Å². The SMILES string of the molecule is COc1ccc(C(=O)NC(=NCCc2c[nH]c3ccccc23)Nc2cc(C)cc(C)c2)cc1OC. The van der Waals surface area contributed by atoms with Crippen LogP contribution in [0.5, 0.6) is 11.5 Å². The van der Waals surface area contributed by atoms with E-state index in [2.05, 4.69) is 33.8 Å². The van der Waals surface area contributed by atoms with Crippen LogP contribution >= 0.6 is 0 Å². The highest BCUT2D eigenvalue weighted by molar-refractivity contribution is 6.10. The molecule has 0 aliphatic rings. The van der Waals surface area contributed by atoms with Crippen molar-refractivity contribution in [1.82, 2.24) is 10.3 Å². The zero-order valence-electron chi connectivity index (χ0n) is 20.4. The van der Waals surface area contributed by atoms with Crippen LogP contribution in [0.15, 0.2) is 71.9 Å². The predicted octanol–water partition coefficient (Wildman–Crippen LogP) is 5.24. The largest absolute Gasteiger partial charge is 0.493 e. The van der Waals surface area contributed by atoms with Crippen molar-refractivity contribution in [3.05, 3.63) is 89.1 Å². The van der Waals surface area contributed by atoms with Crippen molar-refractivity contribution in [3.8, 4) is 11.5 Å². The van der Waals surface area contributed by atoms with Crippen LogP contribution < -0.4 is 20.1 Å². The third-order valence-corrected chi connectivity index (χ3v) is 5.69. The van der Waals surface area contributed by atoms with Crippen molar-refractivity contribution in [2.75, 3.05) is 26.1 Å². The summed E-state index contributed by atoms with van der Waals surface area (Å²) in [5.41, 5.74) is 5.83. The standard InChI is InChI=1S/C28H30N4O3/c1-18-13-19(2)15-22(14-18)31-28(29-12-11-21-17-30-24-8-6-5-7-23(21)24)32-27(33)20-9-10-25(34-3)26(16-20)35-4/h5-10,13-17,30H,11-12H2,1-4H3,(H2,29,31,32,33). The lowest BCUT2D eigenvalue weighted by Gasteiger charge is -2.14. The van der Waals surface area contributed by atoms with Gasteiger partial charge in [0, 0.05) is 34.9 Å². The summed E-state index contributed by atoms with van der Waals surface area (Å²) in [5, 5.41) is 7.39. The first kappa shape index (κ1) is 23.9. The maximum Gasteiger partial charge on any atom is 0.258 e. The first-order chi connectivity index (χ1) is 17.0. The fraction of sp³-hybridized carbons (Fsp3) is 0.214. The molecule has 3 aromatic carbocycles. The fourth-order valence-electron chi connectivity index (χ4n) is 4.08. The zero-order valence-corrected chi connectivity index (χ0v) is 20.4. The van der Waals surface area contributed by atoms with Crippen molar-refractivity contribution in [1.29, 1.82) is 0 Å². The molecule has 7 nitrogen and oxygen atoms in total. The molecule has 0 saturated heterocycles. The number of rotatable bonds is 7. The summed E-state index contributed by atoms with van der Waals surface area (Å²) in [6.07, 6.45) is 2.74. The normalized spacial score (nSPS) is 11.4. The van der Waals surface area contributed by atoms with Crippen LogP contribution in [0.4, 0.5) is 5.69 Å². The predicted molar refractivity (Wildman–Crippen MR) is 141 cm³/mol. The summed E-state index contributed by atoms with van der Waals surface area (Å²) in [5.74, 6) is 1.13. The average molecular weight is 471 g/mol. The number of carbonyl (C=O) groups is 1. The summed E-state index contributed by atoms with van der Waals surface area (Å²) in [7, 11) is 3.10. The Kier molecular flexibility index (Phi) is 7.35. The van der Waals surface area contributed by atoms with Crippen LogP contribution in [0.3, 0.4) is 0 Å². The molecule has 0 saturated carbocycles. The molecule has 180 valence electrons. The molecule has 0 fully saturated rings. The number of nitrogens with zero attached hydrogens (tertiary/aromatic N) is 1. The van der Waals surface area contributed by atoms with E-state index in [9.17, 15) is 4.79 Å². The second-order valence-electron chi connectivity index (χ2n) is 8.37. The van der Waals surface area contributed by atoms with Gasteiger partial charge in [0.15, 0.2) is 11.5 Å². The molecule has 0 unspecified atom stereocenters. The fourth-order valence-corrected chi connectivity index (χ4v) is 4.08. The van der Waals surface area contributed by atoms with E-state index in [1.54, 1.807) is 32.4 Å². The zero-order chi connectivity index (χ0) is 24.8. The summed E-state index contributed by atoms with van der Waals surface area (Å²) >= 11 is 0. The number of guanidine groups is 1. The lowest BCUT2D eigenvalue weighted by atomic mass is 10.1. The highest BCUT2D eigenvalue weighted by atomic mass is 16.5. The summed E-state index contributed by atoms with van der Waals surface area (Å²) in [6.45, 7) is 4.57. The number of aryl methyl sites for hydroxylation is 2. The summed E-state index contributed by atoms with van der Waals surface area (Å²) in [4.78, 5) is 21.1. The number of fused-ring (bicyclic) bond motifs is 1. The van der Waals surface area contributed by atoms with Crippen LogP contribution in [0.1, 0.15) is 27.0 Å². The van der Waals surface area contributed by atoms with Gasteiger partial charge in [-0.15, -0.1) is 0 Å². The van der Waals surface area contributed by atoms with E-state index in [-0.39, 0.29) is 5.91 Å². The molecule has 4 rings (SSSR count). The van der Waals surface area contributed by atoms with Crippen molar-refractivity contribution < 1.29 is 14.3 Å². The highest BCUT2D eigenvalue weighted by Gasteiger charge is 2.13. The Morgan fingerprint density at radius 1 is 0.943 bits per heavy atom. The van der Waals surface area contributed by atoms with Crippen LogP contribution in [0, 0.1) is 13.8 Å². The molecule has 7 heteroatoms. The van der Waals surface area contributed by atoms with Gasteiger partial charge in [-0.2, -0.15) is 0 Å². The molecular formula is C28H30N4O3. The van der Waals surface area contributed by atoms with Gasteiger partial charge >= 0.3 is 0 Å². The number of aliphatic imine (C=N–C) groups is 1. The first-order valence-corrected chi connectivity index (χ1v) is 11.4. The van der Waals surface area contributed by atoms with Crippen molar-refractivity contribution >= 4 is 28.5 Å². The molecule has 1 aromatic heterocycles. The highest BCUT2D eigenvalue weighted by Crippen LogP contribution is 2.27. The number of ether oxygens (including phenoxy) is 2. The first-order valence-electron chi connectivity index (χ1n) is 11.4. The number of para-hydroxylation sites is 1. The molecule has 1 heterocycles. The Labute approximate surface area is 205 Å². The van der Waals surface area contributed by atoms with Gasteiger partial charge in [0.1, 0.15) is 0 Å². The lowest BCUT2D eigenvalue weighted by Crippen LogP contribution is -2.36. The Morgan fingerprint density at radius 2 is 1.69 bits per heavy atom. The third-order valence-electron chi connectivity index (χ3n) is 5.69. The quantitative estimate of drug-likeness (QED) is 0.255.